The molecular formula is C11H15Cl2N3. The summed E-state index contributed by atoms with van der Waals surface area (Å²) in [5, 5.41) is 3.38. The second kappa shape index (κ2) is 5.53. The second-order valence-electron chi connectivity index (χ2n) is 3.79. The van der Waals surface area contributed by atoms with E-state index in [1.807, 2.05) is 12.4 Å². The molecule has 5 heteroatoms. The van der Waals surface area contributed by atoms with Crippen LogP contribution in [0.3, 0.4) is 0 Å². The van der Waals surface area contributed by atoms with Crippen molar-refractivity contribution in [1.82, 2.24) is 14.9 Å². The first-order valence-corrected chi connectivity index (χ1v) is 5.07. The van der Waals surface area contributed by atoms with Crippen LogP contribution in [0.2, 0.25) is 0 Å². The average Bonchev–Trinajstić information content (AvgIpc) is 2.85. The molecule has 0 saturated carbocycles. The molecule has 1 aromatic heterocycles. The van der Waals surface area contributed by atoms with Crippen molar-refractivity contribution in [2.75, 3.05) is 13.1 Å². The van der Waals surface area contributed by atoms with Crippen molar-refractivity contribution >= 4 is 35.8 Å². The number of halogens is 2. The van der Waals surface area contributed by atoms with Gasteiger partial charge in [-0.15, -0.1) is 24.8 Å². The van der Waals surface area contributed by atoms with Crippen molar-refractivity contribution in [1.29, 1.82) is 0 Å². The normalized spacial score (nSPS) is 19.1. The number of imidazole rings is 1. The highest BCUT2D eigenvalue weighted by molar-refractivity contribution is 5.85. The maximum absolute atomic E-state index is 4.40. The first-order valence-electron chi connectivity index (χ1n) is 5.07. The molecule has 0 aliphatic carbocycles. The summed E-state index contributed by atoms with van der Waals surface area (Å²) in [4.78, 5) is 4.40. The SMILES string of the molecule is Cl.Cl.c1ccc2c(c1)ncn2C1CCNC1. The van der Waals surface area contributed by atoms with Gasteiger partial charge in [0.2, 0.25) is 0 Å². The number of benzene rings is 1. The molecule has 16 heavy (non-hydrogen) atoms. The fraction of sp³-hybridized carbons (Fsp3) is 0.364. The quantitative estimate of drug-likeness (QED) is 0.853. The van der Waals surface area contributed by atoms with Gasteiger partial charge in [0.25, 0.3) is 0 Å². The fourth-order valence-electron chi connectivity index (χ4n) is 2.15. The lowest BCUT2D eigenvalue weighted by molar-refractivity contribution is 0.561. The van der Waals surface area contributed by atoms with Gasteiger partial charge in [0.1, 0.15) is 0 Å². The summed E-state index contributed by atoms with van der Waals surface area (Å²) in [5.74, 6) is 0. The Balaban J connectivity index is 0.000000640. The summed E-state index contributed by atoms with van der Waals surface area (Å²) < 4.78 is 2.29. The van der Waals surface area contributed by atoms with E-state index >= 15 is 0 Å². The zero-order valence-corrected chi connectivity index (χ0v) is 10.4. The minimum absolute atomic E-state index is 0. The van der Waals surface area contributed by atoms with Crippen LogP contribution in [0.25, 0.3) is 11.0 Å². The Labute approximate surface area is 107 Å². The summed E-state index contributed by atoms with van der Waals surface area (Å²) in [6.45, 7) is 2.19. The molecule has 88 valence electrons. The number of nitrogens with one attached hydrogen (secondary N) is 1. The third-order valence-corrected chi connectivity index (χ3v) is 2.91. The number of hydrogen-bond acceptors (Lipinski definition) is 2. The third-order valence-electron chi connectivity index (χ3n) is 2.91. The van der Waals surface area contributed by atoms with Crippen LogP contribution >= 0.6 is 24.8 Å². The minimum Gasteiger partial charge on any atom is -0.326 e. The Morgan fingerprint density at radius 3 is 2.81 bits per heavy atom. The van der Waals surface area contributed by atoms with Crippen LogP contribution in [0, 0.1) is 0 Å². The first kappa shape index (κ1) is 13.3. The van der Waals surface area contributed by atoms with Gasteiger partial charge in [0.05, 0.1) is 17.4 Å². The molecule has 0 spiro atoms. The van der Waals surface area contributed by atoms with Crippen molar-refractivity contribution in [2.24, 2.45) is 0 Å². The van der Waals surface area contributed by atoms with E-state index in [-0.39, 0.29) is 24.8 Å². The van der Waals surface area contributed by atoms with Gasteiger partial charge in [-0.2, -0.15) is 0 Å². The zero-order chi connectivity index (χ0) is 9.38. The number of hydrogen-bond donors (Lipinski definition) is 1. The van der Waals surface area contributed by atoms with Crippen molar-refractivity contribution in [3.8, 4) is 0 Å². The fourth-order valence-corrected chi connectivity index (χ4v) is 2.15. The van der Waals surface area contributed by atoms with Crippen molar-refractivity contribution in [3.05, 3.63) is 30.6 Å². The lowest BCUT2D eigenvalue weighted by Gasteiger charge is -2.10. The molecule has 2 heterocycles. The van der Waals surface area contributed by atoms with Crippen molar-refractivity contribution < 1.29 is 0 Å². The summed E-state index contributed by atoms with van der Waals surface area (Å²) in [7, 11) is 0. The van der Waals surface area contributed by atoms with Crippen molar-refractivity contribution in [2.45, 2.75) is 12.5 Å². The topological polar surface area (TPSA) is 29.9 Å². The lowest BCUT2D eigenvalue weighted by Crippen LogP contribution is -2.12. The summed E-state index contributed by atoms with van der Waals surface area (Å²) in [6.07, 6.45) is 3.17. The van der Waals surface area contributed by atoms with Crippen LogP contribution in [0.5, 0.6) is 0 Å². The molecule has 1 atom stereocenters. The van der Waals surface area contributed by atoms with Gasteiger partial charge >= 0.3 is 0 Å². The van der Waals surface area contributed by atoms with Gasteiger partial charge in [0.15, 0.2) is 0 Å². The highest BCUT2D eigenvalue weighted by Crippen LogP contribution is 2.21. The molecule has 0 bridgehead atoms. The molecular weight excluding hydrogens is 245 g/mol. The van der Waals surface area contributed by atoms with Crippen molar-refractivity contribution in [3.63, 3.8) is 0 Å². The van der Waals surface area contributed by atoms with Gasteiger partial charge in [0, 0.05) is 12.6 Å². The van der Waals surface area contributed by atoms with Gasteiger partial charge < -0.3 is 9.88 Å². The number of fused-ring (bicyclic) bond motifs is 1. The van der Waals surface area contributed by atoms with Gasteiger partial charge in [-0.3, -0.25) is 0 Å². The summed E-state index contributed by atoms with van der Waals surface area (Å²) in [6, 6.07) is 8.90. The molecule has 2 aromatic rings. The molecule has 1 saturated heterocycles. The smallest absolute Gasteiger partial charge is 0.0961 e. The van der Waals surface area contributed by atoms with Crippen LogP contribution in [-0.4, -0.2) is 22.6 Å². The van der Waals surface area contributed by atoms with Crippen LogP contribution < -0.4 is 5.32 Å². The van der Waals surface area contributed by atoms with Crippen LogP contribution in [-0.2, 0) is 0 Å². The Bertz CT molecular complexity index is 449. The molecule has 1 aromatic carbocycles. The minimum atomic E-state index is 0. The molecule has 1 fully saturated rings. The Kier molecular flexibility index (Phi) is 4.59. The van der Waals surface area contributed by atoms with Crippen LogP contribution in [0.15, 0.2) is 30.6 Å². The zero-order valence-electron chi connectivity index (χ0n) is 8.80. The number of para-hydroxylation sites is 2. The van der Waals surface area contributed by atoms with E-state index in [0.717, 1.165) is 18.6 Å². The monoisotopic (exact) mass is 259 g/mol. The van der Waals surface area contributed by atoms with Gasteiger partial charge in [-0.25, -0.2) is 4.98 Å². The number of nitrogens with zero attached hydrogens (tertiary/aromatic N) is 2. The van der Waals surface area contributed by atoms with Crippen LogP contribution in [0.1, 0.15) is 12.5 Å². The Morgan fingerprint density at radius 1 is 1.25 bits per heavy atom. The van der Waals surface area contributed by atoms with E-state index < -0.39 is 0 Å². The Morgan fingerprint density at radius 2 is 2.06 bits per heavy atom. The Hall–Kier alpha value is -0.770. The standard InChI is InChI=1S/C11H13N3.2ClH/c1-2-4-11-10(3-1)13-8-14(11)9-5-6-12-7-9;;/h1-4,8-9,12H,5-7H2;2*1H. The van der Waals surface area contributed by atoms with E-state index in [9.17, 15) is 0 Å². The van der Waals surface area contributed by atoms with Crippen LogP contribution in [0.4, 0.5) is 0 Å². The predicted octanol–water partition coefficient (Wildman–Crippen LogP) is 2.41. The van der Waals surface area contributed by atoms with E-state index in [0.29, 0.717) is 6.04 Å². The number of aromatic nitrogens is 2. The van der Waals surface area contributed by atoms with E-state index in [1.54, 1.807) is 0 Å². The van der Waals surface area contributed by atoms with Gasteiger partial charge in [-0.05, 0) is 25.1 Å². The molecule has 1 unspecified atom stereocenters. The number of rotatable bonds is 1. The largest absolute Gasteiger partial charge is 0.326 e. The molecule has 3 nitrogen and oxygen atoms in total. The predicted molar refractivity (Wildman–Crippen MR) is 70.8 cm³/mol. The molecule has 0 radical (unpaired) electrons. The molecule has 1 N–H and O–H groups in total. The van der Waals surface area contributed by atoms with E-state index in [4.69, 9.17) is 0 Å². The average molecular weight is 260 g/mol. The summed E-state index contributed by atoms with van der Waals surface area (Å²) >= 11 is 0. The molecule has 0 amide bonds. The first-order chi connectivity index (χ1) is 6.95. The van der Waals surface area contributed by atoms with Gasteiger partial charge in [-0.1, -0.05) is 12.1 Å². The van der Waals surface area contributed by atoms with E-state index in [1.165, 1.54) is 11.9 Å². The molecule has 1 aliphatic rings. The second-order valence-corrected chi connectivity index (χ2v) is 3.79. The molecule has 3 rings (SSSR count). The highest BCUT2D eigenvalue weighted by Gasteiger charge is 2.17. The summed E-state index contributed by atoms with van der Waals surface area (Å²) in [5.41, 5.74) is 2.35. The highest BCUT2D eigenvalue weighted by atomic mass is 35.5. The molecule has 1 aliphatic heterocycles. The lowest BCUT2D eigenvalue weighted by atomic mass is 10.2. The maximum atomic E-state index is 4.40. The third kappa shape index (κ3) is 2.17. The maximum Gasteiger partial charge on any atom is 0.0961 e. The van der Waals surface area contributed by atoms with E-state index in [2.05, 4.69) is 33.1 Å².